The summed E-state index contributed by atoms with van der Waals surface area (Å²) >= 11 is 0. The van der Waals surface area contributed by atoms with Gasteiger partial charge in [0.15, 0.2) is 0 Å². The molecule has 0 bridgehead atoms. The van der Waals surface area contributed by atoms with Crippen molar-refractivity contribution in [2.45, 2.75) is 25.0 Å². The second-order valence-corrected chi connectivity index (χ2v) is 6.94. The molecule has 4 nitrogen and oxygen atoms in total. The van der Waals surface area contributed by atoms with Crippen LogP contribution >= 0.6 is 0 Å². The zero-order chi connectivity index (χ0) is 18.4. The Bertz CT molecular complexity index is 642. The summed E-state index contributed by atoms with van der Waals surface area (Å²) in [5, 5.41) is 0. The van der Waals surface area contributed by atoms with Crippen molar-refractivity contribution >= 4 is 5.91 Å². The highest BCUT2D eigenvalue weighted by atomic mass is 16.5. The molecule has 2 aromatic carbocycles. The topological polar surface area (TPSA) is 32.8 Å². The van der Waals surface area contributed by atoms with E-state index in [0.29, 0.717) is 12.6 Å². The summed E-state index contributed by atoms with van der Waals surface area (Å²) in [6, 6.07) is 20.4. The van der Waals surface area contributed by atoms with Crippen LogP contribution in [0.5, 0.6) is 0 Å². The predicted octanol–water partition coefficient (Wildman–Crippen LogP) is 3.35. The minimum Gasteiger partial charge on any atom is -0.381 e. The predicted molar refractivity (Wildman–Crippen MR) is 104 cm³/mol. The Labute approximate surface area is 156 Å². The van der Waals surface area contributed by atoms with Crippen LogP contribution in [0, 0.1) is 0 Å². The number of hydrogen-bond donors (Lipinski definition) is 0. The molecular weight excluding hydrogens is 324 g/mol. The van der Waals surface area contributed by atoms with Crippen LogP contribution in [0.2, 0.25) is 0 Å². The maximum atomic E-state index is 13.0. The standard InChI is InChI=1S/C22H28N2O2/c1-23(21(25)17-24-15-13-20(26-2)14-16-24)22(18-9-5-3-6-10-18)19-11-7-4-8-12-19/h3-12,20,22H,13-17H2,1-2H3. The maximum Gasteiger partial charge on any atom is 0.237 e. The third-order valence-electron chi connectivity index (χ3n) is 5.24. The van der Waals surface area contributed by atoms with Gasteiger partial charge in [-0.2, -0.15) is 0 Å². The van der Waals surface area contributed by atoms with E-state index in [9.17, 15) is 4.79 Å². The zero-order valence-corrected chi connectivity index (χ0v) is 15.7. The SMILES string of the molecule is COC1CCN(CC(=O)N(C)C(c2ccccc2)c2ccccc2)CC1. The number of nitrogens with zero attached hydrogens (tertiary/aromatic N) is 2. The number of methoxy groups -OCH3 is 1. The van der Waals surface area contributed by atoms with Crippen LogP contribution < -0.4 is 0 Å². The van der Waals surface area contributed by atoms with E-state index in [1.54, 1.807) is 7.11 Å². The summed E-state index contributed by atoms with van der Waals surface area (Å²) in [6.07, 6.45) is 2.32. The summed E-state index contributed by atoms with van der Waals surface area (Å²) in [4.78, 5) is 17.1. The summed E-state index contributed by atoms with van der Waals surface area (Å²) in [6.45, 7) is 2.29. The van der Waals surface area contributed by atoms with Crippen LogP contribution in [-0.2, 0) is 9.53 Å². The summed E-state index contributed by atoms with van der Waals surface area (Å²) in [7, 11) is 3.68. The smallest absolute Gasteiger partial charge is 0.237 e. The van der Waals surface area contributed by atoms with Gasteiger partial charge in [0.25, 0.3) is 0 Å². The Morgan fingerprint density at radius 1 is 1.04 bits per heavy atom. The van der Waals surface area contributed by atoms with Crippen LogP contribution in [-0.4, -0.2) is 55.6 Å². The number of ether oxygens (including phenoxy) is 1. The van der Waals surface area contributed by atoms with Gasteiger partial charge >= 0.3 is 0 Å². The molecule has 26 heavy (non-hydrogen) atoms. The van der Waals surface area contributed by atoms with Gasteiger partial charge in [0.05, 0.1) is 18.7 Å². The monoisotopic (exact) mass is 352 g/mol. The van der Waals surface area contributed by atoms with E-state index in [1.807, 2.05) is 48.3 Å². The lowest BCUT2D eigenvalue weighted by Gasteiger charge is -2.34. The molecule has 1 saturated heterocycles. The molecule has 138 valence electrons. The molecule has 4 heteroatoms. The fraction of sp³-hybridized carbons (Fsp3) is 0.409. The Morgan fingerprint density at radius 2 is 1.54 bits per heavy atom. The third-order valence-corrected chi connectivity index (χ3v) is 5.24. The molecule has 1 heterocycles. The van der Waals surface area contributed by atoms with Crippen LogP contribution in [0.3, 0.4) is 0 Å². The van der Waals surface area contributed by atoms with Crippen molar-refractivity contribution in [1.29, 1.82) is 0 Å². The van der Waals surface area contributed by atoms with Crippen LogP contribution in [0.1, 0.15) is 30.0 Å². The second kappa shape index (κ2) is 8.97. The lowest BCUT2D eigenvalue weighted by atomic mass is 9.97. The molecule has 0 unspecified atom stereocenters. The van der Waals surface area contributed by atoms with Gasteiger partial charge in [-0.25, -0.2) is 0 Å². The van der Waals surface area contributed by atoms with Gasteiger partial charge in [-0.1, -0.05) is 60.7 Å². The molecule has 3 rings (SSSR count). The van der Waals surface area contributed by atoms with Crippen molar-refractivity contribution < 1.29 is 9.53 Å². The molecule has 0 saturated carbocycles. The number of amides is 1. The lowest BCUT2D eigenvalue weighted by Crippen LogP contribution is -2.44. The van der Waals surface area contributed by atoms with Gasteiger partial charge in [0.1, 0.15) is 0 Å². The minimum absolute atomic E-state index is 0.0681. The summed E-state index contributed by atoms with van der Waals surface area (Å²) in [5.74, 6) is 0.151. The summed E-state index contributed by atoms with van der Waals surface area (Å²) in [5.41, 5.74) is 2.26. The normalized spacial score (nSPS) is 16.0. The van der Waals surface area contributed by atoms with Gasteiger partial charge in [-0.3, -0.25) is 9.69 Å². The molecule has 0 aromatic heterocycles. The van der Waals surface area contributed by atoms with Gasteiger partial charge in [-0.15, -0.1) is 0 Å². The highest BCUT2D eigenvalue weighted by Crippen LogP contribution is 2.27. The van der Waals surface area contributed by atoms with E-state index in [1.165, 1.54) is 0 Å². The second-order valence-electron chi connectivity index (χ2n) is 6.94. The largest absolute Gasteiger partial charge is 0.381 e. The van der Waals surface area contributed by atoms with Crippen molar-refractivity contribution in [2.24, 2.45) is 0 Å². The molecule has 1 aliphatic heterocycles. The first kappa shape index (κ1) is 18.6. The molecule has 0 radical (unpaired) electrons. The molecule has 1 amide bonds. The van der Waals surface area contributed by atoms with E-state index in [-0.39, 0.29) is 11.9 Å². The molecular formula is C22H28N2O2. The van der Waals surface area contributed by atoms with E-state index < -0.39 is 0 Å². The Hall–Kier alpha value is -2.17. The molecule has 1 fully saturated rings. The van der Waals surface area contributed by atoms with Gasteiger partial charge in [0.2, 0.25) is 5.91 Å². The maximum absolute atomic E-state index is 13.0. The number of rotatable bonds is 6. The summed E-state index contributed by atoms with van der Waals surface area (Å²) < 4.78 is 5.42. The van der Waals surface area contributed by atoms with Crippen molar-refractivity contribution in [1.82, 2.24) is 9.80 Å². The van der Waals surface area contributed by atoms with E-state index >= 15 is 0 Å². The average molecular weight is 352 g/mol. The molecule has 0 aliphatic carbocycles. The number of benzene rings is 2. The van der Waals surface area contributed by atoms with Crippen LogP contribution in [0.25, 0.3) is 0 Å². The Balaban J connectivity index is 1.73. The molecule has 0 atom stereocenters. The number of likely N-dealkylation sites (tertiary alicyclic amines) is 1. The van der Waals surface area contributed by atoms with Gasteiger partial charge in [0, 0.05) is 27.2 Å². The molecule has 2 aromatic rings. The van der Waals surface area contributed by atoms with Crippen molar-refractivity contribution in [2.75, 3.05) is 33.8 Å². The molecule has 1 aliphatic rings. The number of likely N-dealkylation sites (N-methyl/N-ethyl adjacent to an activating group) is 1. The zero-order valence-electron chi connectivity index (χ0n) is 15.7. The number of hydrogen-bond acceptors (Lipinski definition) is 3. The van der Waals surface area contributed by atoms with Gasteiger partial charge < -0.3 is 9.64 Å². The van der Waals surface area contributed by atoms with E-state index in [4.69, 9.17) is 4.74 Å². The Kier molecular flexibility index (Phi) is 6.42. The average Bonchev–Trinajstić information content (AvgIpc) is 2.70. The highest BCUT2D eigenvalue weighted by molar-refractivity contribution is 5.79. The van der Waals surface area contributed by atoms with Crippen molar-refractivity contribution in [3.8, 4) is 0 Å². The van der Waals surface area contributed by atoms with Crippen molar-refractivity contribution in [3.63, 3.8) is 0 Å². The molecule has 0 spiro atoms. The third kappa shape index (κ3) is 4.51. The van der Waals surface area contributed by atoms with E-state index in [0.717, 1.165) is 37.1 Å². The lowest BCUT2D eigenvalue weighted by molar-refractivity contribution is -0.133. The number of piperidine rings is 1. The minimum atomic E-state index is -0.0681. The quantitative estimate of drug-likeness (QED) is 0.799. The first-order valence-electron chi connectivity index (χ1n) is 9.29. The first-order valence-corrected chi connectivity index (χ1v) is 9.29. The highest BCUT2D eigenvalue weighted by Gasteiger charge is 2.26. The first-order chi connectivity index (χ1) is 12.7. The van der Waals surface area contributed by atoms with E-state index in [2.05, 4.69) is 29.2 Å². The van der Waals surface area contributed by atoms with Crippen LogP contribution in [0.4, 0.5) is 0 Å². The molecule has 0 N–H and O–H groups in total. The van der Waals surface area contributed by atoms with Crippen LogP contribution in [0.15, 0.2) is 60.7 Å². The van der Waals surface area contributed by atoms with Crippen molar-refractivity contribution in [3.05, 3.63) is 71.8 Å². The fourth-order valence-electron chi connectivity index (χ4n) is 3.66. The van der Waals surface area contributed by atoms with Gasteiger partial charge in [-0.05, 0) is 24.0 Å². The number of carbonyl (C=O) groups excluding carboxylic acids is 1. The fourth-order valence-corrected chi connectivity index (χ4v) is 3.66. The number of carbonyl (C=O) groups is 1. The Morgan fingerprint density at radius 3 is 2.00 bits per heavy atom.